The van der Waals surface area contributed by atoms with Crippen molar-refractivity contribution in [2.24, 2.45) is 0 Å². The highest BCUT2D eigenvalue weighted by molar-refractivity contribution is 7.16. The lowest BCUT2D eigenvalue weighted by Crippen LogP contribution is -2.34. The number of fused-ring (bicyclic) bond motifs is 1. The topological polar surface area (TPSA) is 62.1 Å². The van der Waals surface area contributed by atoms with E-state index in [4.69, 9.17) is 10.00 Å². The Morgan fingerprint density at radius 3 is 2.82 bits per heavy atom. The van der Waals surface area contributed by atoms with Crippen molar-refractivity contribution in [1.29, 1.82) is 5.26 Å². The van der Waals surface area contributed by atoms with Crippen LogP contribution >= 0.6 is 11.3 Å². The summed E-state index contributed by atoms with van der Waals surface area (Å²) in [5.74, 6) is 0. The third-order valence-electron chi connectivity index (χ3n) is 3.82. The Balaban J connectivity index is 2.14. The molecule has 1 N–H and O–H groups in total. The van der Waals surface area contributed by atoms with Crippen LogP contribution in [-0.2, 0) is 16.8 Å². The van der Waals surface area contributed by atoms with Gasteiger partial charge >= 0.3 is 6.09 Å². The maximum Gasteiger partial charge on any atom is 0.412 e. The molecule has 0 atom stereocenters. The highest BCUT2D eigenvalue weighted by Crippen LogP contribution is 2.40. The molecule has 1 aliphatic rings. The Morgan fingerprint density at radius 2 is 2.14 bits per heavy atom. The minimum Gasteiger partial charge on any atom is -0.438 e. The van der Waals surface area contributed by atoms with Crippen LogP contribution in [0.25, 0.3) is 10.4 Å². The first-order valence-corrected chi connectivity index (χ1v) is 7.94. The molecule has 1 aromatic heterocycles. The van der Waals surface area contributed by atoms with Crippen molar-refractivity contribution in [3.05, 3.63) is 40.3 Å². The molecule has 22 heavy (non-hydrogen) atoms. The van der Waals surface area contributed by atoms with Crippen molar-refractivity contribution in [2.75, 3.05) is 5.32 Å². The number of thiophene rings is 1. The molecule has 112 valence electrons. The zero-order valence-corrected chi connectivity index (χ0v) is 13.5. The zero-order chi connectivity index (χ0) is 15.9. The van der Waals surface area contributed by atoms with Crippen LogP contribution in [0, 0.1) is 11.3 Å². The third-order valence-corrected chi connectivity index (χ3v) is 4.95. The molecule has 0 radical (unpaired) electrons. The largest absolute Gasteiger partial charge is 0.438 e. The van der Waals surface area contributed by atoms with E-state index in [1.807, 2.05) is 38.1 Å². The molecule has 2 heterocycles. The van der Waals surface area contributed by atoms with E-state index in [9.17, 15) is 4.79 Å². The first-order valence-electron chi connectivity index (χ1n) is 7.12. The fourth-order valence-electron chi connectivity index (χ4n) is 2.71. The summed E-state index contributed by atoms with van der Waals surface area (Å²) in [6.45, 7) is 5.84. The minimum absolute atomic E-state index is 0.428. The molecular formula is C17H16N2O2S. The lowest BCUT2D eigenvalue weighted by molar-refractivity contribution is 0.0421. The monoisotopic (exact) mass is 312 g/mol. The van der Waals surface area contributed by atoms with Crippen molar-refractivity contribution in [3.63, 3.8) is 0 Å². The summed E-state index contributed by atoms with van der Waals surface area (Å²) < 4.78 is 5.37. The predicted molar refractivity (Wildman–Crippen MR) is 87.0 cm³/mol. The Labute approximate surface area is 133 Å². The second-order valence-corrected chi connectivity index (χ2v) is 6.77. The Morgan fingerprint density at radius 1 is 1.36 bits per heavy atom. The van der Waals surface area contributed by atoms with Crippen molar-refractivity contribution in [2.45, 2.75) is 32.8 Å². The molecule has 0 spiro atoms. The quantitative estimate of drug-likeness (QED) is 0.878. The van der Waals surface area contributed by atoms with Gasteiger partial charge in [-0.25, -0.2) is 4.79 Å². The number of rotatable bonds is 2. The molecule has 1 aromatic carbocycles. The van der Waals surface area contributed by atoms with Gasteiger partial charge in [0.15, 0.2) is 0 Å². The average Bonchev–Trinajstić information content (AvgIpc) is 2.89. The first kappa shape index (κ1) is 14.6. The van der Waals surface area contributed by atoms with Crippen LogP contribution in [0.15, 0.2) is 24.3 Å². The van der Waals surface area contributed by atoms with Gasteiger partial charge in [-0.15, -0.1) is 11.3 Å². The van der Waals surface area contributed by atoms with Gasteiger partial charge < -0.3 is 4.74 Å². The number of ether oxygens (including phenoxy) is 1. The fraction of sp³-hybridized carbons (Fsp3) is 0.294. The maximum atomic E-state index is 11.6. The Bertz CT molecular complexity index is 799. The normalized spacial score (nSPS) is 15.5. The van der Waals surface area contributed by atoms with E-state index in [1.54, 1.807) is 0 Å². The maximum absolute atomic E-state index is 11.6. The average molecular weight is 312 g/mol. The van der Waals surface area contributed by atoms with Gasteiger partial charge in [-0.1, -0.05) is 13.0 Å². The van der Waals surface area contributed by atoms with Crippen LogP contribution < -0.4 is 5.32 Å². The molecule has 0 bridgehead atoms. The van der Waals surface area contributed by atoms with Gasteiger partial charge in [-0.05, 0) is 49.6 Å². The van der Waals surface area contributed by atoms with Crippen molar-refractivity contribution >= 4 is 23.1 Å². The number of hydrogen-bond acceptors (Lipinski definition) is 4. The number of benzene rings is 1. The fourth-order valence-corrected chi connectivity index (χ4v) is 3.75. The molecule has 0 aliphatic carbocycles. The Hall–Kier alpha value is -2.32. The number of hydrogen-bond donors (Lipinski definition) is 1. The van der Waals surface area contributed by atoms with E-state index in [0.717, 1.165) is 28.1 Å². The van der Waals surface area contributed by atoms with E-state index in [-0.39, 0.29) is 0 Å². The summed E-state index contributed by atoms with van der Waals surface area (Å²) in [6, 6.07) is 10.1. The lowest BCUT2D eigenvalue weighted by atomic mass is 9.92. The van der Waals surface area contributed by atoms with Gasteiger partial charge in [0, 0.05) is 10.4 Å². The summed E-state index contributed by atoms with van der Waals surface area (Å²) >= 11 is 1.50. The van der Waals surface area contributed by atoms with Gasteiger partial charge in [0.1, 0.15) is 16.5 Å². The van der Waals surface area contributed by atoms with Crippen LogP contribution in [0.1, 0.15) is 36.8 Å². The number of amides is 1. The van der Waals surface area contributed by atoms with Crippen LogP contribution in [0.5, 0.6) is 0 Å². The minimum atomic E-state index is -0.671. The molecule has 0 unspecified atom stereocenters. The molecule has 0 saturated heterocycles. The van der Waals surface area contributed by atoms with Crippen LogP contribution in [0.2, 0.25) is 0 Å². The van der Waals surface area contributed by atoms with Gasteiger partial charge in [0.05, 0.1) is 5.69 Å². The predicted octanol–water partition coefficient (Wildman–Crippen LogP) is 4.65. The van der Waals surface area contributed by atoms with Crippen molar-refractivity contribution in [1.82, 2.24) is 0 Å². The zero-order valence-electron chi connectivity index (χ0n) is 12.7. The number of aryl methyl sites for hydroxylation is 1. The second-order valence-electron chi connectivity index (χ2n) is 5.72. The molecule has 0 fully saturated rings. The number of carbonyl (C=O) groups excluding carboxylic acids is 1. The number of nitrogens with zero attached hydrogens (tertiary/aromatic N) is 1. The summed E-state index contributed by atoms with van der Waals surface area (Å²) in [5.41, 5.74) is 3.27. The van der Waals surface area contributed by atoms with Crippen LogP contribution in [-0.4, -0.2) is 6.09 Å². The molecule has 1 aliphatic heterocycles. The van der Waals surface area contributed by atoms with Crippen molar-refractivity contribution in [3.8, 4) is 16.5 Å². The summed E-state index contributed by atoms with van der Waals surface area (Å²) in [5, 5.41) is 11.8. The number of nitriles is 1. The van der Waals surface area contributed by atoms with Gasteiger partial charge in [0.2, 0.25) is 0 Å². The van der Waals surface area contributed by atoms with E-state index < -0.39 is 11.7 Å². The summed E-state index contributed by atoms with van der Waals surface area (Å²) in [6.07, 6.45) is 0.448. The van der Waals surface area contributed by atoms with E-state index >= 15 is 0 Å². The molecule has 1 amide bonds. The van der Waals surface area contributed by atoms with E-state index in [0.29, 0.717) is 4.88 Å². The lowest BCUT2D eigenvalue weighted by Gasteiger charge is -2.32. The number of nitrogens with one attached hydrogen (secondary N) is 1. The molecule has 5 heteroatoms. The highest BCUT2D eigenvalue weighted by Gasteiger charge is 2.33. The second kappa shape index (κ2) is 5.15. The highest BCUT2D eigenvalue weighted by atomic mass is 32.1. The van der Waals surface area contributed by atoms with E-state index in [2.05, 4.69) is 18.3 Å². The smallest absolute Gasteiger partial charge is 0.412 e. The number of carbonyl (C=O) groups is 1. The van der Waals surface area contributed by atoms with Gasteiger partial charge in [-0.2, -0.15) is 5.26 Å². The standard InChI is InChI=1S/C17H16N2O2S/c1-4-10-7-12(9-18)22-15(10)11-5-6-14-13(8-11)17(2,3)21-16(20)19-14/h5-8H,4H2,1-3H3,(H,19,20). The van der Waals surface area contributed by atoms with Gasteiger partial charge in [0.25, 0.3) is 0 Å². The first-order chi connectivity index (χ1) is 10.4. The number of cyclic esters (lactones) is 1. The van der Waals surface area contributed by atoms with Crippen LogP contribution in [0.4, 0.5) is 10.5 Å². The SMILES string of the molecule is CCc1cc(C#N)sc1-c1ccc2c(c1)C(C)(C)OC(=O)N2. The van der Waals surface area contributed by atoms with Crippen LogP contribution in [0.3, 0.4) is 0 Å². The van der Waals surface area contributed by atoms with E-state index in [1.165, 1.54) is 16.9 Å². The summed E-state index contributed by atoms with van der Waals surface area (Å²) in [4.78, 5) is 13.4. The Kier molecular flexibility index (Phi) is 3.42. The van der Waals surface area contributed by atoms with Crippen molar-refractivity contribution < 1.29 is 9.53 Å². The number of anilines is 1. The molecule has 4 nitrogen and oxygen atoms in total. The molecule has 3 rings (SSSR count). The molecule has 2 aromatic rings. The summed E-state index contributed by atoms with van der Waals surface area (Å²) in [7, 11) is 0. The third kappa shape index (κ3) is 2.36. The van der Waals surface area contributed by atoms with Gasteiger partial charge in [-0.3, -0.25) is 5.32 Å². The molecular weight excluding hydrogens is 296 g/mol. The molecule has 0 saturated carbocycles.